The molecule has 0 aliphatic carbocycles. The first kappa shape index (κ1) is 11.8. The minimum absolute atomic E-state index is 0.00301. The van der Waals surface area contributed by atoms with Crippen LogP contribution < -0.4 is 5.32 Å². The van der Waals surface area contributed by atoms with Crippen molar-refractivity contribution in [3.63, 3.8) is 0 Å². The fourth-order valence-electron chi connectivity index (χ4n) is 1.23. The van der Waals surface area contributed by atoms with E-state index in [2.05, 4.69) is 5.32 Å². The molecule has 0 heterocycles. The van der Waals surface area contributed by atoms with Crippen molar-refractivity contribution >= 4 is 17.6 Å². The SMILES string of the molecule is CN[C@H](Cc1ccc(O)c(Cl)c1)C(=O)O. The van der Waals surface area contributed by atoms with Gasteiger partial charge in [-0.15, -0.1) is 0 Å². The molecular weight excluding hydrogens is 218 g/mol. The third kappa shape index (κ3) is 3.11. The fraction of sp³-hybridized carbons (Fsp3) is 0.300. The quantitative estimate of drug-likeness (QED) is 0.727. The molecule has 0 unspecified atom stereocenters. The van der Waals surface area contributed by atoms with Gasteiger partial charge in [-0.3, -0.25) is 4.79 Å². The molecule has 0 radical (unpaired) electrons. The Labute approximate surface area is 92.5 Å². The fourth-order valence-corrected chi connectivity index (χ4v) is 1.43. The van der Waals surface area contributed by atoms with Gasteiger partial charge in [0.2, 0.25) is 0 Å². The number of benzene rings is 1. The summed E-state index contributed by atoms with van der Waals surface area (Å²) in [7, 11) is 1.58. The summed E-state index contributed by atoms with van der Waals surface area (Å²) in [5, 5.41) is 20.9. The molecule has 0 amide bonds. The van der Waals surface area contributed by atoms with Gasteiger partial charge in [-0.1, -0.05) is 17.7 Å². The lowest BCUT2D eigenvalue weighted by atomic mass is 10.1. The van der Waals surface area contributed by atoms with E-state index in [-0.39, 0.29) is 10.8 Å². The topological polar surface area (TPSA) is 69.6 Å². The van der Waals surface area contributed by atoms with E-state index in [1.54, 1.807) is 19.2 Å². The van der Waals surface area contributed by atoms with E-state index >= 15 is 0 Å². The molecule has 0 aromatic heterocycles. The second kappa shape index (κ2) is 5.00. The standard InChI is InChI=1S/C10H12ClNO3/c1-12-8(10(14)15)5-6-2-3-9(13)7(11)4-6/h2-4,8,12-13H,5H2,1H3,(H,14,15)/t8-/m1/s1. The van der Waals surface area contributed by atoms with E-state index in [9.17, 15) is 9.90 Å². The van der Waals surface area contributed by atoms with Gasteiger partial charge in [0.25, 0.3) is 0 Å². The monoisotopic (exact) mass is 229 g/mol. The highest BCUT2D eigenvalue weighted by molar-refractivity contribution is 6.32. The molecule has 1 aromatic rings. The van der Waals surface area contributed by atoms with E-state index < -0.39 is 12.0 Å². The maximum absolute atomic E-state index is 10.7. The summed E-state index contributed by atoms with van der Waals surface area (Å²) in [6, 6.07) is 4.01. The van der Waals surface area contributed by atoms with Gasteiger partial charge in [-0.05, 0) is 31.2 Å². The average Bonchev–Trinajstić information content (AvgIpc) is 2.19. The Bertz CT molecular complexity index is 368. The summed E-state index contributed by atoms with van der Waals surface area (Å²) in [5.41, 5.74) is 0.763. The van der Waals surface area contributed by atoms with E-state index in [0.29, 0.717) is 6.42 Å². The number of nitrogens with one attached hydrogen (secondary N) is 1. The minimum atomic E-state index is -0.915. The molecular formula is C10H12ClNO3. The van der Waals surface area contributed by atoms with Crippen molar-refractivity contribution in [3.05, 3.63) is 28.8 Å². The van der Waals surface area contributed by atoms with E-state index in [1.165, 1.54) is 6.07 Å². The van der Waals surface area contributed by atoms with Crippen LogP contribution in [0.2, 0.25) is 5.02 Å². The normalized spacial score (nSPS) is 12.4. The van der Waals surface area contributed by atoms with Crippen LogP contribution in [0, 0.1) is 0 Å². The summed E-state index contributed by atoms with van der Waals surface area (Å²) < 4.78 is 0. The molecule has 0 saturated heterocycles. The van der Waals surface area contributed by atoms with Gasteiger partial charge in [0.05, 0.1) is 5.02 Å². The number of hydrogen-bond donors (Lipinski definition) is 3. The number of carboxylic acids is 1. The van der Waals surface area contributed by atoms with E-state index in [4.69, 9.17) is 16.7 Å². The first-order valence-electron chi connectivity index (χ1n) is 4.42. The van der Waals surface area contributed by atoms with Crippen molar-refractivity contribution in [2.45, 2.75) is 12.5 Å². The van der Waals surface area contributed by atoms with Crippen LogP contribution in [0.15, 0.2) is 18.2 Å². The molecule has 3 N–H and O–H groups in total. The zero-order valence-corrected chi connectivity index (χ0v) is 8.95. The van der Waals surface area contributed by atoms with Gasteiger partial charge < -0.3 is 15.5 Å². The van der Waals surface area contributed by atoms with Crippen molar-refractivity contribution in [2.75, 3.05) is 7.05 Å². The number of aromatic hydroxyl groups is 1. The molecule has 0 saturated carbocycles. The third-order valence-electron chi connectivity index (χ3n) is 2.10. The number of phenols is 1. The molecule has 0 bridgehead atoms. The van der Waals surface area contributed by atoms with E-state index in [1.807, 2.05) is 0 Å². The van der Waals surface area contributed by atoms with Crippen molar-refractivity contribution in [3.8, 4) is 5.75 Å². The molecule has 0 fully saturated rings. The van der Waals surface area contributed by atoms with Crippen LogP contribution in [-0.4, -0.2) is 29.3 Å². The molecule has 15 heavy (non-hydrogen) atoms. The Morgan fingerprint density at radius 3 is 2.73 bits per heavy atom. The average molecular weight is 230 g/mol. The van der Waals surface area contributed by atoms with Crippen LogP contribution in [0.1, 0.15) is 5.56 Å². The summed E-state index contributed by atoms with van der Waals surface area (Å²) in [6.07, 6.45) is 0.325. The second-order valence-corrected chi connectivity index (χ2v) is 3.58. The number of rotatable bonds is 4. The molecule has 4 nitrogen and oxygen atoms in total. The number of phenolic OH excluding ortho intramolecular Hbond substituents is 1. The molecule has 1 aromatic carbocycles. The molecule has 1 atom stereocenters. The van der Waals surface area contributed by atoms with Crippen molar-refractivity contribution in [2.24, 2.45) is 0 Å². The summed E-state index contributed by atoms with van der Waals surface area (Å²) >= 11 is 5.70. The number of aliphatic carboxylic acids is 1. The van der Waals surface area contributed by atoms with Crippen molar-refractivity contribution in [1.29, 1.82) is 0 Å². The van der Waals surface area contributed by atoms with Gasteiger partial charge in [0, 0.05) is 0 Å². The number of hydrogen-bond acceptors (Lipinski definition) is 3. The number of halogens is 1. The Kier molecular flexibility index (Phi) is 3.94. The molecule has 5 heteroatoms. The Balaban J connectivity index is 2.80. The van der Waals surface area contributed by atoms with Crippen LogP contribution in [0.5, 0.6) is 5.75 Å². The Morgan fingerprint density at radius 1 is 1.60 bits per heavy atom. The predicted molar refractivity (Wildman–Crippen MR) is 57.3 cm³/mol. The highest BCUT2D eigenvalue weighted by Gasteiger charge is 2.15. The maximum Gasteiger partial charge on any atom is 0.321 e. The summed E-state index contributed by atoms with van der Waals surface area (Å²) in [6.45, 7) is 0. The van der Waals surface area contributed by atoms with Gasteiger partial charge >= 0.3 is 5.97 Å². The molecule has 1 rings (SSSR count). The van der Waals surface area contributed by atoms with Gasteiger partial charge in [-0.25, -0.2) is 0 Å². The Hall–Kier alpha value is -1.26. The summed E-state index contributed by atoms with van der Waals surface area (Å²) in [5.74, 6) is -0.918. The lowest BCUT2D eigenvalue weighted by Gasteiger charge is -2.11. The van der Waals surface area contributed by atoms with Crippen molar-refractivity contribution < 1.29 is 15.0 Å². The molecule has 82 valence electrons. The first-order chi connectivity index (χ1) is 7.04. The molecule has 0 spiro atoms. The van der Waals surface area contributed by atoms with Crippen LogP contribution in [0.4, 0.5) is 0 Å². The lowest BCUT2D eigenvalue weighted by Crippen LogP contribution is -2.35. The third-order valence-corrected chi connectivity index (χ3v) is 2.40. The Morgan fingerprint density at radius 2 is 2.27 bits per heavy atom. The summed E-state index contributed by atoms with van der Waals surface area (Å²) in [4.78, 5) is 10.7. The lowest BCUT2D eigenvalue weighted by molar-refractivity contribution is -0.139. The highest BCUT2D eigenvalue weighted by atomic mass is 35.5. The number of carboxylic acid groups (broad SMARTS) is 1. The molecule has 0 aliphatic rings. The van der Waals surface area contributed by atoms with Crippen LogP contribution >= 0.6 is 11.6 Å². The first-order valence-corrected chi connectivity index (χ1v) is 4.80. The van der Waals surface area contributed by atoms with Crippen LogP contribution in [0.25, 0.3) is 0 Å². The minimum Gasteiger partial charge on any atom is -0.506 e. The van der Waals surface area contributed by atoms with Gasteiger partial charge in [0.1, 0.15) is 11.8 Å². The maximum atomic E-state index is 10.7. The van der Waals surface area contributed by atoms with Gasteiger partial charge in [0.15, 0.2) is 0 Å². The predicted octanol–water partition coefficient (Wildman–Crippen LogP) is 1.26. The zero-order valence-electron chi connectivity index (χ0n) is 8.20. The largest absolute Gasteiger partial charge is 0.506 e. The molecule has 0 aliphatic heterocycles. The number of likely N-dealkylation sites (N-methyl/N-ethyl adjacent to an activating group) is 1. The van der Waals surface area contributed by atoms with Crippen molar-refractivity contribution in [1.82, 2.24) is 5.32 Å². The second-order valence-electron chi connectivity index (χ2n) is 3.17. The smallest absolute Gasteiger partial charge is 0.321 e. The van der Waals surface area contributed by atoms with Crippen LogP contribution in [-0.2, 0) is 11.2 Å². The number of carbonyl (C=O) groups is 1. The van der Waals surface area contributed by atoms with Gasteiger partial charge in [-0.2, -0.15) is 0 Å². The van der Waals surface area contributed by atoms with Crippen LogP contribution in [0.3, 0.4) is 0 Å². The zero-order chi connectivity index (χ0) is 11.4. The van der Waals surface area contributed by atoms with E-state index in [0.717, 1.165) is 5.56 Å². The highest BCUT2D eigenvalue weighted by Crippen LogP contribution is 2.24.